The summed E-state index contributed by atoms with van der Waals surface area (Å²) in [5, 5.41) is 39.9. The Morgan fingerprint density at radius 2 is 1.12 bits per heavy atom. The van der Waals surface area contributed by atoms with E-state index in [9.17, 15) is 72.2 Å². The minimum atomic E-state index is -1.64. The summed E-state index contributed by atoms with van der Waals surface area (Å²) in [6.45, 7) is 19.5. The fourth-order valence-electron chi connectivity index (χ4n) is 11.1. The Kier molecular flexibility index (Phi) is 48.3. The third-order valence-corrected chi connectivity index (χ3v) is 18.0. The van der Waals surface area contributed by atoms with Crippen LogP contribution >= 0.6 is 11.8 Å². The van der Waals surface area contributed by atoms with Crippen LogP contribution in [-0.2, 0) is 67.1 Å². The molecule has 12 atom stereocenters. The number of Topliss-reactive ketones (excluding diaryl/α,β-unsaturated/α-hetero) is 3. The molecule has 0 saturated carbocycles. The number of carboxylic acids is 2. The normalized spacial score (nSPS) is 15.7. The van der Waals surface area contributed by atoms with E-state index in [-0.39, 0.29) is 81.9 Å². The van der Waals surface area contributed by atoms with E-state index >= 15 is 0 Å². The Labute approximate surface area is 611 Å². The number of hydrogen-bond acceptors (Lipinski definition) is 24. The van der Waals surface area contributed by atoms with Gasteiger partial charge in [-0.25, -0.2) is 10.9 Å². The van der Waals surface area contributed by atoms with Crippen molar-refractivity contribution < 1.29 is 77.3 Å². The number of unbranched alkanes of at least 4 members (excludes halogenated alkanes) is 6. The molecule has 0 aromatic heterocycles. The Morgan fingerprint density at radius 1 is 0.583 bits per heavy atom. The summed E-state index contributed by atoms with van der Waals surface area (Å²) in [6, 6.07) is -11.2. The molecule has 0 aliphatic rings. The van der Waals surface area contributed by atoms with Gasteiger partial charge in [-0.3, -0.25) is 78.9 Å². The number of nitrogens with two attached hydrogens (primary N) is 6. The number of allylic oxidation sites excluding steroid dienone is 2. The summed E-state index contributed by atoms with van der Waals surface area (Å²) in [5.41, 5.74) is 34.2. The number of aldehydes is 1. The Morgan fingerprint density at radius 3 is 1.67 bits per heavy atom. The number of ketones is 3. The van der Waals surface area contributed by atoms with Gasteiger partial charge in [0.2, 0.25) is 58.8 Å². The van der Waals surface area contributed by atoms with Crippen LogP contribution in [-0.4, -0.2) is 190 Å². The van der Waals surface area contributed by atoms with E-state index in [1.165, 1.54) is 13.8 Å². The molecule has 25 N–H and O–H groups in total. The van der Waals surface area contributed by atoms with Gasteiger partial charge in [0.05, 0.1) is 36.6 Å². The average Bonchev–Trinajstić information content (AvgIpc) is 0.841. The van der Waals surface area contributed by atoms with Crippen molar-refractivity contribution in [1.82, 2.24) is 58.8 Å². The molecule has 34 heteroatoms. The van der Waals surface area contributed by atoms with Crippen LogP contribution in [0.5, 0.6) is 0 Å². The first-order valence-corrected chi connectivity index (χ1v) is 37.2. The third-order valence-electron chi connectivity index (χ3n) is 17.4. The van der Waals surface area contributed by atoms with E-state index in [0.717, 1.165) is 6.29 Å². The molecule has 0 aliphatic carbocycles. The van der Waals surface area contributed by atoms with Crippen molar-refractivity contribution in [3.05, 3.63) is 24.3 Å². The van der Waals surface area contributed by atoms with Crippen LogP contribution in [0.25, 0.3) is 0 Å². The number of hydrazine groups is 2. The molecule has 0 saturated heterocycles. The minimum Gasteiger partial charge on any atom is -0.481 e. The first kappa shape index (κ1) is 95.8. The lowest BCUT2D eigenvalue weighted by molar-refractivity contribution is -0.143. The van der Waals surface area contributed by atoms with E-state index in [2.05, 4.69) is 65.4 Å². The van der Waals surface area contributed by atoms with Crippen LogP contribution in [0.15, 0.2) is 24.3 Å². The van der Waals surface area contributed by atoms with Gasteiger partial charge in [0.1, 0.15) is 41.8 Å². The molecule has 1 unspecified atom stereocenters. The Hall–Kier alpha value is -7.15. The fraction of sp³-hybridized carbons (Fsp3) is 0.739. The SMILES string of the molecule is C=C(C(=O)[C@H](CC(C)C)NC(=O)[C@H](CC(N)=O)NC(=O)[C@](C)(CCC/C=C\CCCCCC[C@@](C)(NC(C)=O)C(=O)N[C@@H](CCC(=O)O)C(=O)N[C@@H](CCCNC(N)N)C(=O)C(=O)C(NC(=O)[C@H](CCCCN)NC(=O)[C@@H](N)CCC(=O)O)[C@@H](C)CC)NN[C@H](C=O)CC(C)C)[C@H](CCSC)NN. The van der Waals surface area contributed by atoms with Crippen molar-refractivity contribution in [3.63, 3.8) is 0 Å². The molecular weight excluding hydrogens is 1350 g/mol. The standard InChI is InChI=1S/C69H125N17O16S/c1-12-43(6)57(82-63(99)50(25-20-23-34-70)78-61(97)47(71)27-29-55(90)91)60(96)59(95)49(26-24-35-76-67(73)74)77-62(98)51(28-30-56(92)93)80-65(101)68(9,83-45(8)88)32-21-18-16-14-13-15-17-19-22-33-69(10,86-85-46(40-87)37-41(2)3)66(102)81-53(39-54(72)89)64(100)79-52(38-42(4)5)58(94)44(7)48(84-75)31-36-103-11/h15,17,40-43,46-53,57,67,76,84-86H,7,12-14,16,18-39,70-71,73-75H2,1-6,8-11H3,(H2,72,89)(H,77,98)(H,78,97)(H,79,100)(H,80,101)(H,81,102)(H,82,99)(H,83,88)(H,90,91)(H,92,93)/b17-15-/t43-,46-,47-,48-,49-,50-,51-,52-,53-,57?,68+,69-/m0/s1. The fourth-order valence-corrected chi connectivity index (χ4v) is 11.5. The number of nitrogens with one attached hydrogen (secondary N) is 11. The largest absolute Gasteiger partial charge is 0.481 e. The first-order chi connectivity index (χ1) is 48.4. The van der Waals surface area contributed by atoms with Crippen molar-refractivity contribution in [2.75, 3.05) is 25.1 Å². The highest BCUT2D eigenvalue weighted by Crippen LogP contribution is 2.22. The van der Waals surface area contributed by atoms with E-state index in [1.807, 2.05) is 46.1 Å². The van der Waals surface area contributed by atoms with Gasteiger partial charge in [-0.2, -0.15) is 11.8 Å². The van der Waals surface area contributed by atoms with E-state index in [4.69, 9.17) is 39.6 Å². The van der Waals surface area contributed by atoms with Gasteiger partial charge in [0.25, 0.3) is 0 Å². The number of primary amides is 1. The number of amides is 8. The van der Waals surface area contributed by atoms with Crippen molar-refractivity contribution in [1.29, 1.82) is 0 Å². The van der Waals surface area contributed by atoms with Crippen LogP contribution in [0.2, 0.25) is 0 Å². The average molecular weight is 1480 g/mol. The summed E-state index contributed by atoms with van der Waals surface area (Å²) in [7, 11) is 0. The van der Waals surface area contributed by atoms with Crippen LogP contribution in [0.1, 0.15) is 210 Å². The van der Waals surface area contributed by atoms with Gasteiger partial charge in [0, 0.05) is 31.4 Å². The topological polar surface area (TPSA) is 568 Å². The second-order valence-electron chi connectivity index (χ2n) is 27.7. The van der Waals surface area contributed by atoms with Gasteiger partial charge in [-0.15, -0.1) is 0 Å². The maximum atomic E-state index is 14.4. The van der Waals surface area contributed by atoms with Gasteiger partial charge >= 0.3 is 11.9 Å². The predicted octanol–water partition coefficient (Wildman–Crippen LogP) is -0.104. The molecule has 588 valence electrons. The predicted molar refractivity (Wildman–Crippen MR) is 393 cm³/mol. The van der Waals surface area contributed by atoms with Gasteiger partial charge in [-0.1, -0.05) is 86.0 Å². The second-order valence-corrected chi connectivity index (χ2v) is 28.7. The highest BCUT2D eigenvalue weighted by molar-refractivity contribution is 7.98. The van der Waals surface area contributed by atoms with E-state index in [1.54, 1.807) is 32.5 Å². The minimum absolute atomic E-state index is 0.0335. The molecule has 0 spiro atoms. The number of carbonyl (C=O) groups excluding carboxylic acids is 12. The lowest BCUT2D eigenvalue weighted by atomic mass is 9.89. The molecular formula is C69H125N17O16S. The highest BCUT2D eigenvalue weighted by atomic mass is 32.2. The Bertz CT molecular complexity index is 2780. The van der Waals surface area contributed by atoms with Gasteiger partial charge < -0.3 is 80.9 Å². The lowest BCUT2D eigenvalue weighted by Crippen LogP contribution is -2.64. The number of thioether (sulfide) groups is 1. The zero-order valence-electron chi connectivity index (χ0n) is 62.3. The molecule has 0 radical (unpaired) electrons. The zero-order chi connectivity index (χ0) is 78.6. The molecule has 0 aromatic carbocycles. The lowest BCUT2D eigenvalue weighted by Gasteiger charge is -2.33. The van der Waals surface area contributed by atoms with E-state index in [0.29, 0.717) is 76.4 Å². The van der Waals surface area contributed by atoms with Gasteiger partial charge in [-0.05, 0) is 159 Å². The van der Waals surface area contributed by atoms with E-state index < -0.39 is 180 Å². The number of aliphatic carboxylic acids is 2. The van der Waals surface area contributed by atoms with Crippen LogP contribution in [0.3, 0.4) is 0 Å². The number of hydrogen-bond donors (Lipinski definition) is 19. The summed E-state index contributed by atoms with van der Waals surface area (Å²) in [5.74, 6) is -6.04. The summed E-state index contributed by atoms with van der Waals surface area (Å²) >= 11 is 1.56. The Balaban J connectivity index is 6.52. The maximum Gasteiger partial charge on any atom is 0.303 e. The maximum absolute atomic E-state index is 14.4. The summed E-state index contributed by atoms with van der Waals surface area (Å²) < 4.78 is 0. The molecule has 8 amide bonds. The van der Waals surface area contributed by atoms with Crippen molar-refractivity contribution >= 4 is 94.6 Å². The highest BCUT2D eigenvalue weighted by Gasteiger charge is 2.42. The molecule has 0 rings (SSSR count). The smallest absolute Gasteiger partial charge is 0.303 e. The second kappa shape index (κ2) is 51.9. The number of carbonyl (C=O) groups is 14. The van der Waals surface area contributed by atoms with Crippen molar-refractivity contribution in [2.24, 2.45) is 52.3 Å². The molecule has 103 heavy (non-hydrogen) atoms. The third kappa shape index (κ3) is 39.5. The van der Waals surface area contributed by atoms with Gasteiger partial charge in [0.15, 0.2) is 5.78 Å². The quantitative estimate of drug-likeness (QED) is 0.00552. The molecule has 0 aromatic rings. The molecule has 33 nitrogen and oxygen atoms in total. The molecule has 0 fully saturated rings. The van der Waals surface area contributed by atoms with Crippen molar-refractivity contribution in [3.8, 4) is 0 Å². The molecule has 0 heterocycles. The number of carboxylic acid groups (broad SMARTS) is 2. The van der Waals surface area contributed by atoms with Crippen LogP contribution in [0, 0.1) is 17.8 Å². The van der Waals surface area contributed by atoms with Crippen LogP contribution in [0.4, 0.5) is 0 Å². The van der Waals surface area contributed by atoms with Crippen molar-refractivity contribution in [2.45, 2.75) is 282 Å². The molecule has 0 bridgehead atoms. The summed E-state index contributed by atoms with van der Waals surface area (Å²) in [6.07, 6.45) is 9.45. The number of rotatable bonds is 61. The van der Waals surface area contributed by atoms with Crippen LogP contribution < -0.4 is 93.3 Å². The zero-order valence-corrected chi connectivity index (χ0v) is 63.1. The molecule has 0 aliphatic heterocycles. The monoisotopic (exact) mass is 1480 g/mol. The first-order valence-electron chi connectivity index (χ1n) is 35.8. The summed E-state index contributed by atoms with van der Waals surface area (Å²) in [4.78, 5) is 187.